The van der Waals surface area contributed by atoms with Gasteiger partial charge in [0.05, 0.1) is 22.7 Å². The van der Waals surface area contributed by atoms with Crippen molar-refractivity contribution in [2.75, 3.05) is 6.61 Å². The zero-order valence-corrected chi connectivity index (χ0v) is 13.7. The van der Waals surface area contributed by atoms with Gasteiger partial charge in [-0.1, -0.05) is 0 Å². The molecule has 24 heavy (non-hydrogen) atoms. The molecule has 3 aromatic rings. The number of ether oxygens (including phenoxy) is 1. The second-order valence-corrected chi connectivity index (χ2v) is 5.91. The van der Waals surface area contributed by atoms with E-state index in [0.29, 0.717) is 18.2 Å². The van der Waals surface area contributed by atoms with Gasteiger partial charge in [0.1, 0.15) is 5.69 Å². The number of rotatable bonds is 6. The van der Waals surface area contributed by atoms with Crippen LogP contribution < -0.4 is 4.74 Å². The number of nitro benzene ring substituents is 1. The summed E-state index contributed by atoms with van der Waals surface area (Å²) >= 11 is 1.60. The average Bonchev–Trinajstić information content (AvgIpc) is 3.00. The molecule has 2 aromatic heterocycles. The maximum absolute atomic E-state index is 10.7. The van der Waals surface area contributed by atoms with Gasteiger partial charge < -0.3 is 4.74 Å². The number of nitro groups is 1. The summed E-state index contributed by atoms with van der Waals surface area (Å²) in [5, 5.41) is 10.7. The molecule has 122 valence electrons. The van der Waals surface area contributed by atoms with Gasteiger partial charge in [-0.3, -0.25) is 10.1 Å². The summed E-state index contributed by atoms with van der Waals surface area (Å²) in [5.74, 6) is 0.411. The van der Waals surface area contributed by atoms with Gasteiger partial charge in [-0.2, -0.15) is 0 Å². The highest BCUT2D eigenvalue weighted by Crippen LogP contribution is 2.27. The fourth-order valence-corrected chi connectivity index (χ4v) is 2.94. The van der Waals surface area contributed by atoms with Crippen molar-refractivity contribution in [3.8, 4) is 17.1 Å². The van der Waals surface area contributed by atoms with Gasteiger partial charge in [0.25, 0.3) is 5.69 Å². The van der Waals surface area contributed by atoms with E-state index in [4.69, 9.17) is 4.74 Å². The fraction of sp³-hybridized carbons (Fsp3) is 0.188. The van der Waals surface area contributed by atoms with Crippen LogP contribution in [0.15, 0.2) is 42.2 Å². The standard InChI is InChI=1S/C16H14N4O3S/c1-11-14(24-10-19-11)6-9-23-16-15(17-7-8-18-16)12-2-4-13(5-3-12)20(21)22/h2-5,7-8,10H,6,9H2,1H3. The molecule has 0 aliphatic carbocycles. The van der Waals surface area contributed by atoms with E-state index in [1.165, 1.54) is 17.0 Å². The third-order valence-corrected chi connectivity index (χ3v) is 4.42. The number of thiazole rings is 1. The zero-order chi connectivity index (χ0) is 16.9. The van der Waals surface area contributed by atoms with Crippen molar-refractivity contribution in [3.05, 3.63) is 62.9 Å². The smallest absolute Gasteiger partial charge is 0.269 e. The topological polar surface area (TPSA) is 91.0 Å². The van der Waals surface area contributed by atoms with Crippen molar-refractivity contribution in [1.29, 1.82) is 0 Å². The van der Waals surface area contributed by atoms with Gasteiger partial charge >= 0.3 is 0 Å². The summed E-state index contributed by atoms with van der Waals surface area (Å²) in [4.78, 5) is 24.2. The Labute approximate surface area is 142 Å². The van der Waals surface area contributed by atoms with Gasteiger partial charge in [-0.25, -0.2) is 15.0 Å². The number of aryl methyl sites for hydroxylation is 1. The number of hydrogen-bond donors (Lipinski definition) is 0. The van der Waals surface area contributed by atoms with Gasteiger partial charge in [0, 0.05) is 41.4 Å². The minimum atomic E-state index is -0.435. The number of benzene rings is 1. The number of nitrogens with zero attached hydrogens (tertiary/aromatic N) is 4. The predicted molar refractivity (Wildman–Crippen MR) is 90.2 cm³/mol. The van der Waals surface area contributed by atoms with Crippen molar-refractivity contribution >= 4 is 17.0 Å². The first-order chi connectivity index (χ1) is 11.6. The first-order valence-electron chi connectivity index (χ1n) is 7.23. The van der Waals surface area contributed by atoms with Crippen LogP contribution in [-0.2, 0) is 6.42 Å². The SMILES string of the molecule is Cc1ncsc1CCOc1nccnc1-c1ccc([N+](=O)[O-])cc1. The van der Waals surface area contributed by atoms with Crippen LogP contribution in [0.25, 0.3) is 11.3 Å². The summed E-state index contributed by atoms with van der Waals surface area (Å²) in [6.45, 7) is 2.43. The van der Waals surface area contributed by atoms with Crippen LogP contribution >= 0.6 is 11.3 Å². The largest absolute Gasteiger partial charge is 0.476 e. The highest BCUT2D eigenvalue weighted by Gasteiger charge is 2.12. The van der Waals surface area contributed by atoms with E-state index in [2.05, 4.69) is 15.0 Å². The molecule has 3 rings (SSSR count). The van der Waals surface area contributed by atoms with Gasteiger partial charge in [-0.05, 0) is 19.1 Å². The normalized spacial score (nSPS) is 10.5. The van der Waals surface area contributed by atoms with Crippen molar-refractivity contribution in [2.45, 2.75) is 13.3 Å². The molecule has 2 heterocycles. The van der Waals surface area contributed by atoms with Crippen LogP contribution in [0, 0.1) is 17.0 Å². The van der Waals surface area contributed by atoms with Crippen LogP contribution in [-0.4, -0.2) is 26.5 Å². The molecule has 0 atom stereocenters. The lowest BCUT2D eigenvalue weighted by Crippen LogP contribution is -2.04. The Morgan fingerprint density at radius 1 is 1.17 bits per heavy atom. The monoisotopic (exact) mass is 342 g/mol. The first-order valence-corrected chi connectivity index (χ1v) is 8.10. The van der Waals surface area contributed by atoms with E-state index < -0.39 is 4.92 Å². The van der Waals surface area contributed by atoms with Gasteiger partial charge in [-0.15, -0.1) is 11.3 Å². The molecule has 0 saturated heterocycles. The minimum Gasteiger partial charge on any atom is -0.476 e. The molecule has 0 unspecified atom stereocenters. The molecule has 0 radical (unpaired) electrons. The molecule has 0 aliphatic heterocycles. The third-order valence-electron chi connectivity index (χ3n) is 3.43. The lowest BCUT2D eigenvalue weighted by atomic mass is 10.1. The van der Waals surface area contributed by atoms with Crippen molar-refractivity contribution in [1.82, 2.24) is 15.0 Å². The van der Waals surface area contributed by atoms with Crippen LogP contribution in [0.3, 0.4) is 0 Å². The molecule has 8 heteroatoms. The van der Waals surface area contributed by atoms with Gasteiger partial charge in [0.2, 0.25) is 5.88 Å². The van der Waals surface area contributed by atoms with Crippen LogP contribution in [0.1, 0.15) is 10.6 Å². The van der Waals surface area contributed by atoms with Crippen molar-refractivity contribution in [2.24, 2.45) is 0 Å². The predicted octanol–water partition coefficient (Wildman–Crippen LogP) is 3.44. The summed E-state index contributed by atoms with van der Waals surface area (Å²) in [5.41, 5.74) is 4.14. The van der Waals surface area contributed by atoms with E-state index in [-0.39, 0.29) is 5.69 Å². The number of aromatic nitrogens is 3. The molecule has 0 bridgehead atoms. The van der Waals surface area contributed by atoms with Crippen LogP contribution in [0.2, 0.25) is 0 Å². The number of hydrogen-bond acceptors (Lipinski definition) is 7. The lowest BCUT2D eigenvalue weighted by Gasteiger charge is -2.09. The molecule has 1 aromatic carbocycles. The molecule has 0 aliphatic rings. The highest BCUT2D eigenvalue weighted by molar-refractivity contribution is 7.09. The summed E-state index contributed by atoms with van der Waals surface area (Å²) in [6, 6.07) is 6.16. The molecule has 7 nitrogen and oxygen atoms in total. The Morgan fingerprint density at radius 2 is 1.92 bits per heavy atom. The molecule has 0 amide bonds. The second-order valence-electron chi connectivity index (χ2n) is 4.97. The molecule has 0 N–H and O–H groups in total. The molecule has 0 spiro atoms. The summed E-state index contributed by atoms with van der Waals surface area (Å²) in [7, 11) is 0. The summed E-state index contributed by atoms with van der Waals surface area (Å²) in [6.07, 6.45) is 3.87. The molecular formula is C16H14N4O3S. The van der Waals surface area contributed by atoms with Crippen LogP contribution in [0.4, 0.5) is 5.69 Å². The van der Waals surface area contributed by atoms with Crippen molar-refractivity contribution in [3.63, 3.8) is 0 Å². The maximum Gasteiger partial charge on any atom is 0.269 e. The van der Waals surface area contributed by atoms with Crippen molar-refractivity contribution < 1.29 is 9.66 Å². The Bertz CT molecular complexity index is 849. The third kappa shape index (κ3) is 3.54. The van der Waals surface area contributed by atoms with Crippen LogP contribution in [0.5, 0.6) is 5.88 Å². The molecular weight excluding hydrogens is 328 g/mol. The zero-order valence-electron chi connectivity index (χ0n) is 12.9. The van der Waals surface area contributed by atoms with E-state index in [0.717, 1.165) is 17.7 Å². The number of non-ortho nitro benzene ring substituents is 1. The molecule has 0 fully saturated rings. The Kier molecular flexibility index (Phi) is 4.76. The first kappa shape index (κ1) is 16.0. The second kappa shape index (κ2) is 7.14. The lowest BCUT2D eigenvalue weighted by molar-refractivity contribution is -0.384. The molecule has 0 saturated carbocycles. The average molecular weight is 342 g/mol. The fourth-order valence-electron chi connectivity index (χ4n) is 2.18. The van der Waals surface area contributed by atoms with Gasteiger partial charge in [0.15, 0.2) is 0 Å². The summed E-state index contributed by atoms with van der Waals surface area (Å²) < 4.78 is 5.77. The maximum atomic E-state index is 10.7. The highest BCUT2D eigenvalue weighted by atomic mass is 32.1. The van der Waals surface area contributed by atoms with E-state index in [1.54, 1.807) is 35.9 Å². The quantitative estimate of drug-likeness (QED) is 0.503. The Balaban J connectivity index is 1.75. The van der Waals surface area contributed by atoms with E-state index in [9.17, 15) is 10.1 Å². The minimum absolute atomic E-state index is 0.0331. The van der Waals surface area contributed by atoms with E-state index in [1.807, 2.05) is 12.4 Å². The Hall–Kier alpha value is -2.87. The Morgan fingerprint density at radius 3 is 2.58 bits per heavy atom. The van der Waals surface area contributed by atoms with E-state index >= 15 is 0 Å².